The van der Waals surface area contributed by atoms with Gasteiger partial charge in [-0.25, -0.2) is 0 Å². The Hall–Kier alpha value is -6.32. The second-order valence-corrected chi connectivity index (χ2v) is 16.5. The van der Waals surface area contributed by atoms with E-state index in [0.29, 0.717) is 0 Å². The number of fused-ring (bicyclic) bond motifs is 11. The van der Waals surface area contributed by atoms with Gasteiger partial charge in [-0.15, -0.1) is 22.7 Å². The van der Waals surface area contributed by atoms with Gasteiger partial charge in [-0.1, -0.05) is 158 Å². The topological polar surface area (TPSA) is 0 Å². The first kappa shape index (κ1) is 30.2. The first-order valence-electron chi connectivity index (χ1n) is 18.5. The van der Waals surface area contributed by atoms with E-state index >= 15 is 0 Å². The predicted octanol–water partition coefficient (Wildman–Crippen LogP) is 16.0. The largest absolute Gasteiger partial charge is 0.135 e. The molecule has 0 fully saturated rings. The molecule has 0 aliphatic carbocycles. The van der Waals surface area contributed by atoms with Crippen LogP contribution >= 0.6 is 22.7 Å². The maximum Gasteiger partial charge on any atom is 0.0370 e. The van der Waals surface area contributed by atoms with Gasteiger partial charge in [0.1, 0.15) is 0 Å². The molecule has 12 aromatic rings. The van der Waals surface area contributed by atoms with E-state index in [2.05, 4.69) is 182 Å². The average molecular weight is 719 g/mol. The van der Waals surface area contributed by atoms with Crippen molar-refractivity contribution >= 4 is 106 Å². The molecule has 2 aromatic heterocycles. The van der Waals surface area contributed by atoms with Crippen LogP contribution in [0, 0.1) is 0 Å². The zero-order valence-corrected chi connectivity index (χ0v) is 30.8. The summed E-state index contributed by atoms with van der Waals surface area (Å²) in [5, 5.41) is 15.7. The van der Waals surface area contributed by atoms with Gasteiger partial charge < -0.3 is 0 Å². The lowest BCUT2D eigenvalue weighted by atomic mass is 9.83. The van der Waals surface area contributed by atoms with Gasteiger partial charge in [-0.3, -0.25) is 0 Å². The van der Waals surface area contributed by atoms with Gasteiger partial charge in [-0.05, 0) is 101 Å². The molecular weight excluding hydrogens is 689 g/mol. The number of thiophene rings is 2. The molecule has 0 aliphatic heterocycles. The first-order chi connectivity index (χ1) is 26.8. The van der Waals surface area contributed by atoms with Crippen LogP contribution in [0.1, 0.15) is 0 Å². The molecule has 0 N–H and O–H groups in total. The van der Waals surface area contributed by atoms with E-state index in [-0.39, 0.29) is 0 Å². The highest BCUT2D eigenvalue weighted by Gasteiger charge is 2.20. The average Bonchev–Trinajstić information content (AvgIpc) is 3.78. The first-order valence-corrected chi connectivity index (χ1v) is 20.1. The Bertz CT molecular complexity index is 3430. The van der Waals surface area contributed by atoms with Crippen molar-refractivity contribution in [3.8, 4) is 33.4 Å². The van der Waals surface area contributed by atoms with Gasteiger partial charge in [0, 0.05) is 40.3 Å². The fourth-order valence-electron chi connectivity index (χ4n) is 9.09. The lowest BCUT2D eigenvalue weighted by Gasteiger charge is -2.19. The summed E-state index contributed by atoms with van der Waals surface area (Å²) in [6.07, 6.45) is 0. The van der Waals surface area contributed by atoms with E-state index in [1.165, 1.54) is 117 Å². The van der Waals surface area contributed by atoms with Crippen molar-refractivity contribution in [1.29, 1.82) is 0 Å². The summed E-state index contributed by atoms with van der Waals surface area (Å²) in [6, 6.07) is 67.8. The van der Waals surface area contributed by atoms with E-state index in [1.807, 2.05) is 22.7 Å². The molecule has 0 nitrogen and oxygen atoms in total. The van der Waals surface area contributed by atoms with Crippen molar-refractivity contribution in [3.05, 3.63) is 182 Å². The monoisotopic (exact) mass is 718 g/mol. The van der Waals surface area contributed by atoms with Gasteiger partial charge in [0.25, 0.3) is 0 Å². The summed E-state index contributed by atoms with van der Waals surface area (Å²) in [4.78, 5) is 0. The highest BCUT2D eigenvalue weighted by molar-refractivity contribution is 7.28. The van der Waals surface area contributed by atoms with Crippen molar-refractivity contribution in [3.63, 3.8) is 0 Å². The van der Waals surface area contributed by atoms with Crippen LogP contribution in [0.3, 0.4) is 0 Å². The highest BCUT2D eigenvalue weighted by atomic mass is 32.1. The number of rotatable bonds is 3. The molecule has 12 rings (SSSR count). The second kappa shape index (κ2) is 11.6. The molecule has 0 unspecified atom stereocenters. The second-order valence-electron chi connectivity index (χ2n) is 14.3. The lowest BCUT2D eigenvalue weighted by Crippen LogP contribution is -1.92. The van der Waals surface area contributed by atoms with Gasteiger partial charge in [0.15, 0.2) is 0 Å². The van der Waals surface area contributed by atoms with Crippen molar-refractivity contribution in [2.45, 2.75) is 0 Å². The molecular formula is C52H30S2. The van der Waals surface area contributed by atoms with E-state index in [1.54, 1.807) is 0 Å². The molecule has 0 amide bonds. The molecule has 2 heterocycles. The molecule has 10 aromatic carbocycles. The zero-order valence-electron chi connectivity index (χ0n) is 29.1. The Morgan fingerprint density at radius 2 is 0.815 bits per heavy atom. The Balaban J connectivity index is 1.09. The van der Waals surface area contributed by atoms with Gasteiger partial charge in [-0.2, -0.15) is 0 Å². The third kappa shape index (κ3) is 4.36. The molecule has 0 saturated carbocycles. The van der Waals surface area contributed by atoms with Gasteiger partial charge in [0.2, 0.25) is 0 Å². The highest BCUT2D eigenvalue weighted by Crippen LogP contribution is 2.48. The fraction of sp³-hybridized carbons (Fsp3) is 0. The summed E-state index contributed by atoms with van der Waals surface area (Å²) >= 11 is 3.83. The Morgan fingerprint density at radius 1 is 0.259 bits per heavy atom. The molecule has 2 heteroatoms. The maximum absolute atomic E-state index is 2.46. The minimum Gasteiger partial charge on any atom is -0.135 e. The maximum atomic E-state index is 2.46. The number of hydrogen-bond donors (Lipinski definition) is 0. The molecule has 250 valence electrons. The Labute approximate surface area is 319 Å². The third-order valence-corrected chi connectivity index (χ3v) is 13.7. The summed E-state index contributed by atoms with van der Waals surface area (Å²) in [5.41, 5.74) is 7.62. The van der Waals surface area contributed by atoms with Crippen molar-refractivity contribution in [2.75, 3.05) is 0 Å². The Morgan fingerprint density at radius 3 is 1.56 bits per heavy atom. The van der Waals surface area contributed by atoms with Crippen molar-refractivity contribution < 1.29 is 0 Å². The van der Waals surface area contributed by atoms with Crippen molar-refractivity contribution in [1.82, 2.24) is 0 Å². The quantitative estimate of drug-likeness (QED) is 0.160. The Kier molecular flexibility index (Phi) is 6.48. The predicted molar refractivity (Wildman–Crippen MR) is 239 cm³/mol. The SMILES string of the molecule is c1ccc(-c2ccc(-c3c4ccccc4c(-c4ccc5c(c4)sc4cc6sc7ccc8ccccc8c7c6cc45)c4ccccc34)c3ccccc23)cc1. The molecule has 0 aliphatic rings. The minimum atomic E-state index is 1.24. The van der Waals surface area contributed by atoms with Crippen molar-refractivity contribution in [2.24, 2.45) is 0 Å². The normalized spacial score (nSPS) is 12.1. The van der Waals surface area contributed by atoms with Gasteiger partial charge in [0.05, 0.1) is 0 Å². The minimum absolute atomic E-state index is 1.24. The van der Waals surface area contributed by atoms with Crippen LogP contribution in [-0.4, -0.2) is 0 Å². The number of hydrogen-bond acceptors (Lipinski definition) is 2. The zero-order chi connectivity index (χ0) is 35.3. The van der Waals surface area contributed by atoms with Gasteiger partial charge >= 0.3 is 0 Å². The molecule has 0 bridgehead atoms. The van der Waals surface area contributed by atoms with E-state index < -0.39 is 0 Å². The van der Waals surface area contributed by atoms with Crippen LogP contribution in [-0.2, 0) is 0 Å². The van der Waals surface area contributed by atoms with Crippen LogP contribution in [0.25, 0.3) is 117 Å². The third-order valence-electron chi connectivity index (χ3n) is 11.5. The van der Waals surface area contributed by atoms with E-state index in [9.17, 15) is 0 Å². The summed E-state index contributed by atoms with van der Waals surface area (Å²) < 4.78 is 5.39. The van der Waals surface area contributed by atoms with Crippen LogP contribution in [0.2, 0.25) is 0 Å². The smallest absolute Gasteiger partial charge is 0.0370 e. The standard InChI is InChI=1S/C52H30S2/c1-2-12-31(13-3-1)34-25-26-43(37-17-7-6-16-36(34)37)51-41-20-10-8-18-39(41)50(40-19-9-11-21-42(40)51)33-22-24-38-44-29-45-49(30-48(44)54-47(38)28-33)53-46-27-23-32-14-4-5-15-35(32)52(45)46/h1-30H. The summed E-state index contributed by atoms with van der Waals surface area (Å²) in [5.74, 6) is 0. The van der Waals surface area contributed by atoms with E-state index in [4.69, 9.17) is 0 Å². The molecule has 0 atom stereocenters. The molecule has 0 radical (unpaired) electrons. The molecule has 0 spiro atoms. The lowest BCUT2D eigenvalue weighted by molar-refractivity contribution is 1.64. The van der Waals surface area contributed by atoms with Crippen LogP contribution in [0.15, 0.2) is 182 Å². The summed E-state index contributed by atoms with van der Waals surface area (Å²) in [7, 11) is 0. The number of benzene rings is 10. The molecule has 0 saturated heterocycles. The summed E-state index contributed by atoms with van der Waals surface area (Å²) in [6.45, 7) is 0. The fourth-order valence-corrected chi connectivity index (χ4v) is 11.5. The van der Waals surface area contributed by atoms with E-state index in [0.717, 1.165) is 0 Å². The van der Waals surface area contributed by atoms with Crippen LogP contribution in [0.4, 0.5) is 0 Å². The van der Waals surface area contributed by atoms with Crippen LogP contribution in [0.5, 0.6) is 0 Å². The molecule has 54 heavy (non-hydrogen) atoms. The van der Waals surface area contributed by atoms with Crippen LogP contribution < -0.4 is 0 Å².